The molecule has 0 saturated carbocycles. The van der Waals surface area contributed by atoms with Crippen molar-refractivity contribution >= 4 is 15.9 Å². The SMILES string of the molecule is CC1COCC1CN(C)C(=C(Br)[N+](=O)[O-])N(C)C. The molecule has 6 nitrogen and oxygen atoms in total. The van der Waals surface area contributed by atoms with Crippen LogP contribution in [0.5, 0.6) is 0 Å². The topological polar surface area (TPSA) is 58.9 Å². The van der Waals surface area contributed by atoms with E-state index in [9.17, 15) is 10.1 Å². The summed E-state index contributed by atoms with van der Waals surface area (Å²) in [5.41, 5.74) is 0. The predicted octanol–water partition coefficient (Wildman–Crippen LogP) is 1.56. The average Bonchev–Trinajstić information content (AvgIpc) is 2.63. The van der Waals surface area contributed by atoms with E-state index >= 15 is 0 Å². The van der Waals surface area contributed by atoms with Gasteiger partial charge in [0.05, 0.1) is 11.5 Å². The van der Waals surface area contributed by atoms with Crippen LogP contribution in [-0.2, 0) is 4.74 Å². The Morgan fingerprint density at radius 3 is 2.44 bits per heavy atom. The van der Waals surface area contributed by atoms with E-state index in [1.54, 1.807) is 19.0 Å². The van der Waals surface area contributed by atoms with Gasteiger partial charge in [0, 0.05) is 56.1 Å². The fourth-order valence-electron chi connectivity index (χ4n) is 2.14. The lowest BCUT2D eigenvalue weighted by Gasteiger charge is -2.29. The molecular weight excluding hydrogens is 302 g/mol. The van der Waals surface area contributed by atoms with E-state index in [1.807, 2.05) is 11.9 Å². The summed E-state index contributed by atoms with van der Waals surface area (Å²) < 4.78 is 5.40. The van der Waals surface area contributed by atoms with Crippen LogP contribution >= 0.6 is 15.9 Å². The molecule has 1 aliphatic heterocycles. The monoisotopic (exact) mass is 321 g/mol. The van der Waals surface area contributed by atoms with E-state index in [1.165, 1.54) is 0 Å². The highest BCUT2D eigenvalue weighted by Gasteiger charge is 2.28. The van der Waals surface area contributed by atoms with Crippen molar-refractivity contribution in [2.24, 2.45) is 11.8 Å². The lowest BCUT2D eigenvalue weighted by molar-refractivity contribution is -0.412. The molecule has 0 amide bonds. The fraction of sp³-hybridized carbons (Fsp3) is 0.818. The molecule has 1 fully saturated rings. The molecule has 1 aliphatic rings. The van der Waals surface area contributed by atoms with Gasteiger partial charge in [-0.05, 0) is 5.92 Å². The molecule has 18 heavy (non-hydrogen) atoms. The molecule has 0 aromatic heterocycles. The van der Waals surface area contributed by atoms with Gasteiger partial charge < -0.3 is 14.5 Å². The Balaban J connectivity index is 2.81. The second kappa shape index (κ2) is 6.38. The van der Waals surface area contributed by atoms with Crippen LogP contribution in [0.1, 0.15) is 6.92 Å². The Labute approximate surface area is 116 Å². The fourth-order valence-corrected chi connectivity index (χ4v) is 2.80. The highest BCUT2D eigenvalue weighted by Crippen LogP contribution is 2.24. The summed E-state index contributed by atoms with van der Waals surface area (Å²) in [5.74, 6) is 1.47. The van der Waals surface area contributed by atoms with Gasteiger partial charge in [-0.1, -0.05) is 6.92 Å². The number of nitro groups is 1. The van der Waals surface area contributed by atoms with Crippen LogP contribution in [0.4, 0.5) is 0 Å². The molecular formula is C11H20BrN3O3. The summed E-state index contributed by atoms with van der Waals surface area (Å²) in [6.07, 6.45) is 0. The summed E-state index contributed by atoms with van der Waals surface area (Å²) in [5, 5.41) is 10.9. The summed E-state index contributed by atoms with van der Waals surface area (Å²) in [6, 6.07) is 0. The maximum absolute atomic E-state index is 10.9. The van der Waals surface area contributed by atoms with Crippen molar-refractivity contribution in [2.45, 2.75) is 6.92 Å². The van der Waals surface area contributed by atoms with Gasteiger partial charge in [-0.25, -0.2) is 0 Å². The van der Waals surface area contributed by atoms with E-state index < -0.39 is 4.92 Å². The minimum absolute atomic E-state index is 0.0124. The number of nitrogens with zero attached hydrogens (tertiary/aromatic N) is 3. The first kappa shape index (κ1) is 15.2. The molecule has 2 atom stereocenters. The maximum atomic E-state index is 10.9. The van der Waals surface area contributed by atoms with Crippen LogP contribution in [-0.4, -0.2) is 55.6 Å². The molecule has 1 rings (SSSR count). The van der Waals surface area contributed by atoms with Crippen molar-refractivity contribution in [3.63, 3.8) is 0 Å². The van der Waals surface area contributed by atoms with Gasteiger partial charge >= 0.3 is 4.61 Å². The van der Waals surface area contributed by atoms with Crippen molar-refractivity contribution in [1.29, 1.82) is 0 Å². The molecule has 7 heteroatoms. The standard InChI is InChI=1S/C11H20BrN3O3/c1-8-6-18-7-9(8)5-14(4)11(13(2)3)10(12)15(16)17/h8-9H,5-7H2,1-4H3. The lowest BCUT2D eigenvalue weighted by Crippen LogP contribution is -2.35. The Hall–Kier alpha value is -0.820. The molecule has 0 aromatic rings. The molecule has 0 radical (unpaired) electrons. The maximum Gasteiger partial charge on any atom is 0.350 e. The lowest BCUT2D eigenvalue weighted by atomic mass is 9.98. The van der Waals surface area contributed by atoms with Gasteiger partial charge in [-0.3, -0.25) is 10.1 Å². The van der Waals surface area contributed by atoms with Crippen LogP contribution in [0.3, 0.4) is 0 Å². The van der Waals surface area contributed by atoms with Gasteiger partial charge in [0.25, 0.3) is 0 Å². The number of hydrogen-bond donors (Lipinski definition) is 0. The van der Waals surface area contributed by atoms with E-state index in [-0.39, 0.29) is 4.61 Å². The third-order valence-corrected chi connectivity index (χ3v) is 3.80. The van der Waals surface area contributed by atoms with Crippen molar-refractivity contribution < 1.29 is 9.66 Å². The van der Waals surface area contributed by atoms with Crippen molar-refractivity contribution in [3.8, 4) is 0 Å². The second-order valence-electron chi connectivity index (χ2n) is 4.92. The molecule has 0 spiro atoms. The number of halogens is 1. The average molecular weight is 322 g/mol. The molecule has 104 valence electrons. The highest BCUT2D eigenvalue weighted by molar-refractivity contribution is 9.11. The van der Waals surface area contributed by atoms with E-state index in [4.69, 9.17) is 4.74 Å². The number of ether oxygens (including phenoxy) is 1. The Kier molecular flexibility index (Phi) is 5.40. The first-order chi connectivity index (χ1) is 8.34. The summed E-state index contributed by atoms with van der Waals surface area (Å²) in [7, 11) is 5.46. The molecule has 0 aromatic carbocycles. The van der Waals surface area contributed by atoms with Crippen LogP contribution in [0.25, 0.3) is 0 Å². The summed E-state index contributed by atoms with van der Waals surface area (Å²) in [6.45, 7) is 4.39. The van der Waals surface area contributed by atoms with Crippen LogP contribution < -0.4 is 0 Å². The van der Waals surface area contributed by atoms with Gasteiger partial charge in [0.2, 0.25) is 0 Å². The third kappa shape index (κ3) is 3.58. The van der Waals surface area contributed by atoms with Gasteiger partial charge in [0.1, 0.15) is 0 Å². The van der Waals surface area contributed by atoms with E-state index in [0.717, 1.165) is 19.8 Å². The minimum atomic E-state index is -0.416. The Morgan fingerprint density at radius 2 is 2.06 bits per heavy atom. The zero-order valence-corrected chi connectivity index (χ0v) is 12.8. The zero-order chi connectivity index (χ0) is 13.9. The van der Waals surface area contributed by atoms with Crippen LogP contribution in [0.15, 0.2) is 10.4 Å². The number of hydrogen-bond acceptors (Lipinski definition) is 5. The van der Waals surface area contributed by atoms with E-state index in [2.05, 4.69) is 22.9 Å². The zero-order valence-electron chi connectivity index (χ0n) is 11.2. The van der Waals surface area contributed by atoms with Gasteiger partial charge in [-0.2, -0.15) is 0 Å². The Morgan fingerprint density at radius 1 is 1.44 bits per heavy atom. The van der Waals surface area contributed by atoms with Gasteiger partial charge in [0.15, 0.2) is 5.82 Å². The summed E-state index contributed by atoms with van der Waals surface area (Å²) in [4.78, 5) is 14.1. The molecule has 2 unspecified atom stereocenters. The highest BCUT2D eigenvalue weighted by atomic mass is 79.9. The van der Waals surface area contributed by atoms with Crippen molar-refractivity contribution in [3.05, 3.63) is 20.5 Å². The first-order valence-corrected chi connectivity index (χ1v) is 6.64. The first-order valence-electron chi connectivity index (χ1n) is 5.85. The van der Waals surface area contributed by atoms with Crippen molar-refractivity contribution in [1.82, 2.24) is 9.80 Å². The largest absolute Gasteiger partial charge is 0.381 e. The molecule has 0 bridgehead atoms. The normalized spacial score (nSPS) is 24.7. The molecule has 0 N–H and O–H groups in total. The van der Waals surface area contributed by atoms with Crippen LogP contribution in [0.2, 0.25) is 0 Å². The molecule has 1 heterocycles. The number of rotatable bonds is 5. The summed E-state index contributed by atoms with van der Waals surface area (Å²) >= 11 is 3.04. The van der Waals surface area contributed by atoms with Crippen LogP contribution in [0, 0.1) is 22.0 Å². The minimum Gasteiger partial charge on any atom is -0.381 e. The van der Waals surface area contributed by atoms with Gasteiger partial charge in [-0.15, -0.1) is 0 Å². The van der Waals surface area contributed by atoms with E-state index in [0.29, 0.717) is 17.7 Å². The predicted molar refractivity (Wildman–Crippen MR) is 72.7 cm³/mol. The Bertz CT molecular complexity index is 346. The third-order valence-electron chi connectivity index (χ3n) is 3.16. The molecule has 0 aliphatic carbocycles. The quantitative estimate of drug-likeness (QED) is 0.437. The molecule has 1 saturated heterocycles. The van der Waals surface area contributed by atoms with Crippen molar-refractivity contribution in [2.75, 3.05) is 40.9 Å². The smallest absolute Gasteiger partial charge is 0.350 e. The second-order valence-corrected chi connectivity index (χ2v) is 5.67.